The molecule has 1 aromatic carbocycles. The number of nitrogens with one attached hydrogen (secondary N) is 1. The second-order valence-corrected chi connectivity index (χ2v) is 8.39. The van der Waals surface area contributed by atoms with E-state index in [1.54, 1.807) is 6.07 Å². The number of aryl methyl sites for hydroxylation is 1. The molecule has 2 unspecified atom stereocenters. The standard InChI is InChI=1S/C23H25F2N5O/c1-13(15-4-3-5-16(8-15)22(24)25)27-23-20-9-19(10-26-21(20)14(2)28-29-23)30-17-6-7-18(30)12-31-11-17/h3-5,8-10,13,17-18,22H,6-7,11-12H2,1-2H3,(H,27,29)/t13-,17?,18?/m1/s1. The van der Waals surface area contributed by atoms with Crippen LogP contribution in [0.4, 0.5) is 20.3 Å². The van der Waals surface area contributed by atoms with Crippen molar-refractivity contribution in [3.8, 4) is 0 Å². The maximum atomic E-state index is 13.1. The number of aromatic nitrogens is 3. The summed E-state index contributed by atoms with van der Waals surface area (Å²) in [5, 5.41) is 12.9. The number of alkyl halides is 2. The predicted octanol–water partition coefficient (Wildman–Crippen LogP) is 4.81. The maximum Gasteiger partial charge on any atom is 0.263 e. The van der Waals surface area contributed by atoms with Crippen molar-refractivity contribution < 1.29 is 13.5 Å². The van der Waals surface area contributed by atoms with Gasteiger partial charge in [-0.25, -0.2) is 8.78 Å². The lowest BCUT2D eigenvalue weighted by Crippen LogP contribution is -2.45. The Bertz CT molecular complexity index is 1090. The Hall–Kier alpha value is -2.87. The first-order chi connectivity index (χ1) is 15.0. The Morgan fingerprint density at radius 1 is 1.10 bits per heavy atom. The summed E-state index contributed by atoms with van der Waals surface area (Å²) >= 11 is 0. The number of hydrogen-bond donors (Lipinski definition) is 1. The summed E-state index contributed by atoms with van der Waals surface area (Å²) in [4.78, 5) is 7.13. The molecule has 2 saturated heterocycles. The molecule has 6 nitrogen and oxygen atoms in total. The van der Waals surface area contributed by atoms with Crippen molar-refractivity contribution in [2.24, 2.45) is 0 Å². The van der Waals surface area contributed by atoms with Crippen molar-refractivity contribution in [1.82, 2.24) is 15.2 Å². The van der Waals surface area contributed by atoms with E-state index in [4.69, 9.17) is 9.72 Å². The lowest BCUT2D eigenvalue weighted by Gasteiger charge is -2.36. The molecule has 162 valence electrons. The summed E-state index contributed by atoms with van der Waals surface area (Å²) < 4.78 is 31.9. The fraction of sp³-hybridized carbons (Fsp3) is 0.435. The molecule has 5 rings (SSSR count). The third kappa shape index (κ3) is 3.69. The van der Waals surface area contributed by atoms with E-state index in [-0.39, 0.29) is 11.6 Å². The number of benzene rings is 1. The van der Waals surface area contributed by atoms with Crippen LogP contribution in [0.15, 0.2) is 36.5 Å². The molecule has 0 aliphatic carbocycles. The Kier molecular flexibility index (Phi) is 5.17. The first-order valence-corrected chi connectivity index (χ1v) is 10.6. The first-order valence-electron chi connectivity index (χ1n) is 10.6. The molecule has 0 spiro atoms. The van der Waals surface area contributed by atoms with E-state index >= 15 is 0 Å². The van der Waals surface area contributed by atoms with Crippen LogP contribution in [-0.4, -0.2) is 40.5 Å². The van der Waals surface area contributed by atoms with Crippen LogP contribution in [0.2, 0.25) is 0 Å². The first kappa shape index (κ1) is 20.1. The highest BCUT2D eigenvalue weighted by molar-refractivity contribution is 5.92. The van der Waals surface area contributed by atoms with E-state index in [1.165, 1.54) is 12.1 Å². The summed E-state index contributed by atoms with van der Waals surface area (Å²) in [6.45, 7) is 5.30. The van der Waals surface area contributed by atoms with Gasteiger partial charge in [-0.3, -0.25) is 4.98 Å². The molecule has 2 aliphatic heterocycles. The van der Waals surface area contributed by atoms with Crippen molar-refractivity contribution >= 4 is 22.4 Å². The van der Waals surface area contributed by atoms with Gasteiger partial charge in [-0.2, -0.15) is 5.10 Å². The number of hydrogen-bond acceptors (Lipinski definition) is 6. The van der Waals surface area contributed by atoms with Gasteiger partial charge in [0.05, 0.1) is 54.4 Å². The van der Waals surface area contributed by atoms with Crippen LogP contribution < -0.4 is 10.2 Å². The molecule has 4 heterocycles. The molecule has 0 saturated carbocycles. The van der Waals surface area contributed by atoms with Gasteiger partial charge in [0, 0.05) is 10.9 Å². The van der Waals surface area contributed by atoms with Crippen molar-refractivity contribution in [2.45, 2.75) is 51.2 Å². The van der Waals surface area contributed by atoms with Crippen molar-refractivity contribution in [3.05, 3.63) is 53.3 Å². The number of nitrogens with zero attached hydrogens (tertiary/aromatic N) is 4. The van der Waals surface area contributed by atoms with Gasteiger partial charge in [0.15, 0.2) is 5.82 Å². The van der Waals surface area contributed by atoms with Crippen LogP contribution in [0.5, 0.6) is 0 Å². The minimum absolute atomic E-state index is 0.0118. The third-order valence-electron chi connectivity index (χ3n) is 6.33. The topological polar surface area (TPSA) is 63.2 Å². The number of pyridine rings is 1. The van der Waals surface area contributed by atoms with Crippen molar-refractivity contribution in [1.29, 1.82) is 0 Å². The molecular formula is C23H25F2N5O. The molecule has 3 aromatic rings. The van der Waals surface area contributed by atoms with Crippen LogP contribution in [0.25, 0.3) is 10.9 Å². The number of fused-ring (bicyclic) bond motifs is 3. The number of ether oxygens (including phenoxy) is 1. The molecule has 1 N–H and O–H groups in total. The normalized spacial score (nSPS) is 21.6. The van der Waals surface area contributed by atoms with Gasteiger partial charge in [0.2, 0.25) is 0 Å². The van der Waals surface area contributed by atoms with Gasteiger partial charge in [-0.05, 0) is 44.4 Å². The third-order valence-corrected chi connectivity index (χ3v) is 6.33. The van der Waals surface area contributed by atoms with Crippen LogP contribution in [-0.2, 0) is 4.74 Å². The average molecular weight is 425 g/mol. The van der Waals surface area contributed by atoms with Crippen LogP contribution in [0, 0.1) is 6.92 Å². The second kappa shape index (κ2) is 8.00. The molecule has 0 amide bonds. The van der Waals surface area contributed by atoms with Gasteiger partial charge in [0.1, 0.15) is 0 Å². The van der Waals surface area contributed by atoms with Gasteiger partial charge in [0.25, 0.3) is 6.43 Å². The molecule has 2 bridgehead atoms. The van der Waals surface area contributed by atoms with E-state index in [9.17, 15) is 8.78 Å². The number of halogens is 2. The van der Waals surface area contributed by atoms with Crippen molar-refractivity contribution in [2.75, 3.05) is 23.4 Å². The SMILES string of the molecule is Cc1nnc(N[C@H](C)c2cccc(C(F)F)c2)c2cc(N3C4CCC3COC4)cnc12. The Labute approximate surface area is 179 Å². The van der Waals surface area contributed by atoms with Crippen LogP contribution in [0.3, 0.4) is 0 Å². The Balaban J connectivity index is 1.50. The van der Waals surface area contributed by atoms with Gasteiger partial charge < -0.3 is 15.0 Å². The summed E-state index contributed by atoms with van der Waals surface area (Å²) in [6.07, 6.45) is 1.66. The molecule has 2 fully saturated rings. The molecule has 2 aliphatic rings. The average Bonchev–Trinajstić information content (AvgIpc) is 3.03. The Morgan fingerprint density at radius 2 is 1.84 bits per heavy atom. The number of anilines is 2. The lowest BCUT2D eigenvalue weighted by atomic mass is 10.0. The number of rotatable bonds is 5. The highest BCUT2D eigenvalue weighted by Gasteiger charge is 2.37. The van der Waals surface area contributed by atoms with Crippen LogP contribution in [0.1, 0.15) is 49.1 Å². The predicted molar refractivity (Wildman–Crippen MR) is 116 cm³/mol. The summed E-state index contributed by atoms with van der Waals surface area (Å²) in [5.41, 5.74) is 3.38. The van der Waals surface area contributed by atoms with Gasteiger partial charge in [-0.15, -0.1) is 5.10 Å². The molecule has 2 aromatic heterocycles. The van der Waals surface area contributed by atoms with E-state index < -0.39 is 6.43 Å². The highest BCUT2D eigenvalue weighted by atomic mass is 19.3. The highest BCUT2D eigenvalue weighted by Crippen LogP contribution is 2.36. The largest absolute Gasteiger partial charge is 0.377 e. The zero-order valence-corrected chi connectivity index (χ0v) is 17.6. The van der Waals surface area contributed by atoms with Gasteiger partial charge >= 0.3 is 0 Å². The second-order valence-electron chi connectivity index (χ2n) is 8.39. The van der Waals surface area contributed by atoms with Crippen LogP contribution >= 0.6 is 0 Å². The summed E-state index contributed by atoms with van der Waals surface area (Å²) in [6, 6.07) is 9.11. The molecule has 8 heteroatoms. The lowest BCUT2D eigenvalue weighted by molar-refractivity contribution is 0.0906. The quantitative estimate of drug-likeness (QED) is 0.633. The minimum Gasteiger partial charge on any atom is -0.377 e. The summed E-state index contributed by atoms with van der Waals surface area (Å²) in [5.74, 6) is 0.602. The maximum absolute atomic E-state index is 13.1. The molecule has 3 atom stereocenters. The fourth-order valence-electron chi connectivity index (χ4n) is 4.70. The smallest absolute Gasteiger partial charge is 0.263 e. The van der Waals surface area contributed by atoms with E-state index in [2.05, 4.69) is 26.5 Å². The van der Waals surface area contributed by atoms with Gasteiger partial charge in [-0.1, -0.05) is 18.2 Å². The molecular weight excluding hydrogens is 400 g/mol. The summed E-state index contributed by atoms with van der Waals surface area (Å²) in [7, 11) is 0. The molecule has 0 radical (unpaired) electrons. The number of morpholine rings is 1. The van der Waals surface area contributed by atoms with E-state index in [0.29, 0.717) is 17.9 Å². The van der Waals surface area contributed by atoms with Crippen molar-refractivity contribution in [3.63, 3.8) is 0 Å². The monoisotopic (exact) mass is 425 g/mol. The fourth-order valence-corrected chi connectivity index (χ4v) is 4.70. The molecule has 31 heavy (non-hydrogen) atoms. The zero-order valence-electron chi connectivity index (χ0n) is 17.6. The van der Waals surface area contributed by atoms with E-state index in [1.807, 2.05) is 26.1 Å². The Morgan fingerprint density at radius 3 is 2.58 bits per heavy atom. The minimum atomic E-state index is -2.50. The van der Waals surface area contributed by atoms with E-state index in [0.717, 1.165) is 53.9 Å². The zero-order chi connectivity index (χ0) is 21.5.